The van der Waals surface area contributed by atoms with E-state index in [0.29, 0.717) is 0 Å². The van der Waals surface area contributed by atoms with Gasteiger partial charge in [-0.1, -0.05) is 18.2 Å². The van der Waals surface area contributed by atoms with E-state index in [1.54, 1.807) is 0 Å². The first kappa shape index (κ1) is 9.55. The number of hydrogen-bond donors (Lipinski definition) is 2. The van der Waals surface area contributed by atoms with Crippen LogP contribution in [0.5, 0.6) is 0 Å². The van der Waals surface area contributed by atoms with Crippen molar-refractivity contribution in [2.24, 2.45) is 0 Å². The molecular weight excluding hydrogens is 200 g/mol. The summed E-state index contributed by atoms with van der Waals surface area (Å²) in [7, 11) is 0. The van der Waals surface area contributed by atoms with Crippen LogP contribution in [0.3, 0.4) is 0 Å². The average molecular weight is 210 g/mol. The highest BCUT2D eigenvalue weighted by Gasteiger charge is 2.39. The minimum atomic E-state index is -1.60. The number of benzene rings is 1. The number of thioether (sulfide) groups is 1. The van der Waals surface area contributed by atoms with Crippen LogP contribution in [0.25, 0.3) is 0 Å². The zero-order chi connectivity index (χ0) is 10.2. The molecular formula is C10H10O3S. The maximum atomic E-state index is 10.8. The predicted molar refractivity (Wildman–Crippen MR) is 53.5 cm³/mol. The summed E-state index contributed by atoms with van der Waals surface area (Å²) < 4.78 is 0. The summed E-state index contributed by atoms with van der Waals surface area (Å²) in [4.78, 5) is 11.9. The summed E-state index contributed by atoms with van der Waals surface area (Å²) >= 11 is 1.39. The van der Waals surface area contributed by atoms with Crippen molar-refractivity contribution in [3.8, 4) is 0 Å². The Hall–Kier alpha value is -1.00. The van der Waals surface area contributed by atoms with E-state index in [4.69, 9.17) is 5.11 Å². The Morgan fingerprint density at radius 1 is 1.43 bits per heavy atom. The summed E-state index contributed by atoms with van der Waals surface area (Å²) in [6.45, 7) is 0. The molecule has 3 nitrogen and oxygen atoms in total. The van der Waals surface area contributed by atoms with Crippen molar-refractivity contribution in [2.45, 2.75) is 16.9 Å². The van der Waals surface area contributed by atoms with Gasteiger partial charge in [-0.25, -0.2) is 4.79 Å². The van der Waals surface area contributed by atoms with Crippen LogP contribution in [0, 0.1) is 0 Å². The normalized spacial score (nSPS) is 25.5. The highest BCUT2D eigenvalue weighted by molar-refractivity contribution is 7.99. The number of fused-ring (bicyclic) bond motifs is 1. The van der Waals surface area contributed by atoms with Crippen LogP contribution in [0.2, 0.25) is 0 Å². The molecule has 1 aromatic carbocycles. The lowest BCUT2D eigenvalue weighted by molar-refractivity contribution is -0.156. The molecule has 0 fully saturated rings. The van der Waals surface area contributed by atoms with E-state index in [-0.39, 0.29) is 12.2 Å². The number of rotatable bonds is 1. The van der Waals surface area contributed by atoms with Gasteiger partial charge in [-0.15, -0.1) is 11.8 Å². The minimum Gasteiger partial charge on any atom is -0.479 e. The van der Waals surface area contributed by atoms with Gasteiger partial charge < -0.3 is 10.2 Å². The van der Waals surface area contributed by atoms with E-state index in [9.17, 15) is 9.90 Å². The topological polar surface area (TPSA) is 57.5 Å². The first-order chi connectivity index (χ1) is 6.62. The number of carboxylic acids is 1. The van der Waals surface area contributed by atoms with Gasteiger partial charge in [0.25, 0.3) is 0 Å². The van der Waals surface area contributed by atoms with Gasteiger partial charge in [-0.3, -0.25) is 0 Å². The second-order valence-corrected chi connectivity index (χ2v) is 4.43. The molecule has 0 saturated carbocycles. The van der Waals surface area contributed by atoms with Crippen molar-refractivity contribution in [2.75, 3.05) is 5.75 Å². The summed E-state index contributed by atoms with van der Waals surface area (Å²) in [5.41, 5.74) is -0.687. The van der Waals surface area contributed by atoms with Gasteiger partial charge in [0, 0.05) is 17.1 Å². The summed E-state index contributed by atoms with van der Waals surface area (Å²) in [5.74, 6) is -0.918. The third kappa shape index (κ3) is 1.51. The third-order valence-electron chi connectivity index (χ3n) is 2.32. The summed E-state index contributed by atoms with van der Waals surface area (Å²) in [5, 5.41) is 18.6. The Morgan fingerprint density at radius 2 is 2.14 bits per heavy atom. The van der Waals surface area contributed by atoms with Gasteiger partial charge in [-0.2, -0.15) is 0 Å². The van der Waals surface area contributed by atoms with Crippen LogP contribution >= 0.6 is 11.8 Å². The Labute approximate surface area is 85.8 Å². The van der Waals surface area contributed by atoms with Crippen molar-refractivity contribution < 1.29 is 15.0 Å². The molecule has 1 aliphatic heterocycles. The number of hydrogen-bond acceptors (Lipinski definition) is 3. The van der Waals surface area contributed by atoms with Gasteiger partial charge in [0.2, 0.25) is 0 Å². The molecule has 2 rings (SSSR count). The van der Waals surface area contributed by atoms with Crippen LogP contribution in [0.4, 0.5) is 0 Å². The molecule has 74 valence electrons. The quantitative estimate of drug-likeness (QED) is 0.730. The maximum absolute atomic E-state index is 10.8. The van der Waals surface area contributed by atoms with Gasteiger partial charge in [0.05, 0.1) is 0 Å². The SMILES string of the molecule is O=C(O)C1(O)CSc2ccccc2C1. The fourth-order valence-corrected chi connectivity index (χ4v) is 2.61. The van der Waals surface area contributed by atoms with Gasteiger partial charge in [0.1, 0.15) is 0 Å². The molecule has 1 aromatic rings. The number of aliphatic carboxylic acids is 1. The molecule has 0 radical (unpaired) electrons. The molecule has 2 N–H and O–H groups in total. The molecule has 1 aliphatic rings. The van der Waals surface area contributed by atoms with Crippen molar-refractivity contribution in [1.29, 1.82) is 0 Å². The van der Waals surface area contributed by atoms with E-state index >= 15 is 0 Å². The Bertz CT molecular complexity index is 377. The second-order valence-electron chi connectivity index (χ2n) is 3.41. The second kappa shape index (κ2) is 3.29. The lowest BCUT2D eigenvalue weighted by atomic mass is 9.96. The molecule has 0 aromatic heterocycles. The van der Waals surface area contributed by atoms with E-state index in [0.717, 1.165) is 10.5 Å². The third-order valence-corrected chi connectivity index (χ3v) is 3.65. The molecule has 0 saturated heterocycles. The predicted octanol–water partition coefficient (Wildman–Crippen LogP) is 1.15. The first-order valence-corrected chi connectivity index (χ1v) is 5.27. The van der Waals surface area contributed by atoms with Crippen LogP contribution in [-0.4, -0.2) is 27.5 Å². The largest absolute Gasteiger partial charge is 0.479 e. The highest BCUT2D eigenvalue weighted by atomic mass is 32.2. The standard InChI is InChI=1S/C10H10O3S/c11-9(12)10(13)5-7-3-1-2-4-8(7)14-6-10/h1-4,13H,5-6H2,(H,11,12). The van der Waals surface area contributed by atoms with E-state index in [2.05, 4.69) is 0 Å². The van der Waals surface area contributed by atoms with Gasteiger partial charge in [0.15, 0.2) is 5.60 Å². The van der Waals surface area contributed by atoms with E-state index < -0.39 is 11.6 Å². The lowest BCUT2D eigenvalue weighted by Crippen LogP contribution is -2.45. The van der Waals surface area contributed by atoms with E-state index in [1.807, 2.05) is 24.3 Å². The van der Waals surface area contributed by atoms with Crippen molar-refractivity contribution in [1.82, 2.24) is 0 Å². The van der Waals surface area contributed by atoms with Crippen LogP contribution in [0.1, 0.15) is 5.56 Å². The highest BCUT2D eigenvalue weighted by Crippen LogP contribution is 2.34. The Balaban J connectivity index is 2.34. The van der Waals surface area contributed by atoms with Crippen LogP contribution < -0.4 is 0 Å². The molecule has 4 heteroatoms. The average Bonchev–Trinajstić information content (AvgIpc) is 2.17. The maximum Gasteiger partial charge on any atom is 0.336 e. The number of carbonyl (C=O) groups is 1. The fourth-order valence-electron chi connectivity index (χ4n) is 1.49. The minimum absolute atomic E-state index is 0.200. The zero-order valence-corrected chi connectivity index (χ0v) is 8.25. The Kier molecular flexibility index (Phi) is 2.25. The number of carboxylic acid groups (broad SMARTS) is 1. The molecule has 1 unspecified atom stereocenters. The smallest absolute Gasteiger partial charge is 0.336 e. The molecule has 0 bridgehead atoms. The fraction of sp³-hybridized carbons (Fsp3) is 0.300. The Morgan fingerprint density at radius 3 is 2.86 bits per heavy atom. The van der Waals surface area contributed by atoms with Crippen molar-refractivity contribution in [3.05, 3.63) is 29.8 Å². The van der Waals surface area contributed by atoms with Crippen molar-refractivity contribution >= 4 is 17.7 Å². The van der Waals surface area contributed by atoms with Crippen molar-refractivity contribution in [3.63, 3.8) is 0 Å². The lowest BCUT2D eigenvalue weighted by Gasteiger charge is -2.28. The summed E-state index contributed by atoms with van der Waals surface area (Å²) in [6, 6.07) is 7.57. The van der Waals surface area contributed by atoms with Gasteiger partial charge >= 0.3 is 5.97 Å². The van der Waals surface area contributed by atoms with Crippen LogP contribution in [-0.2, 0) is 11.2 Å². The monoisotopic (exact) mass is 210 g/mol. The molecule has 1 heterocycles. The zero-order valence-electron chi connectivity index (χ0n) is 7.43. The first-order valence-electron chi connectivity index (χ1n) is 4.28. The molecule has 14 heavy (non-hydrogen) atoms. The van der Waals surface area contributed by atoms with Crippen LogP contribution in [0.15, 0.2) is 29.2 Å². The molecule has 0 amide bonds. The summed E-state index contributed by atoms with van der Waals surface area (Å²) in [6.07, 6.45) is 0.200. The van der Waals surface area contributed by atoms with E-state index in [1.165, 1.54) is 11.8 Å². The number of aliphatic hydroxyl groups is 1. The molecule has 0 spiro atoms. The van der Waals surface area contributed by atoms with Gasteiger partial charge in [-0.05, 0) is 11.6 Å². The molecule has 1 atom stereocenters. The molecule has 0 aliphatic carbocycles.